The van der Waals surface area contributed by atoms with Crippen LogP contribution in [0.3, 0.4) is 0 Å². The maximum atomic E-state index is 12.8. The third-order valence-electron chi connectivity index (χ3n) is 2.40. The number of aromatic nitrogens is 2. The maximum absolute atomic E-state index is 12.8. The summed E-state index contributed by atoms with van der Waals surface area (Å²) in [4.78, 5) is 7.89. The lowest BCUT2D eigenvalue weighted by atomic mass is 10.1. The molecule has 6 heteroatoms. The maximum Gasteiger partial charge on any atom is 0.173 e. The molecule has 96 valence electrons. The Kier molecular flexibility index (Phi) is 3.92. The van der Waals surface area contributed by atoms with E-state index in [9.17, 15) is 4.39 Å². The van der Waals surface area contributed by atoms with E-state index in [1.807, 2.05) is 0 Å². The monoisotopic (exact) mass is 257 g/mol. The fourth-order valence-corrected chi connectivity index (χ4v) is 1.36. The molecule has 1 aromatic carbocycles. The lowest BCUT2D eigenvalue weighted by Gasteiger charge is -1.99. The molecule has 0 atom stereocenters. The number of hydrogen-bond donors (Lipinski definition) is 1. The van der Waals surface area contributed by atoms with Crippen molar-refractivity contribution in [3.05, 3.63) is 59.9 Å². The van der Waals surface area contributed by atoms with Gasteiger partial charge in [-0.3, -0.25) is 4.98 Å². The molecule has 2 aromatic rings. The predicted octanol–water partition coefficient (Wildman–Crippen LogP) is 1.75. The minimum atomic E-state index is -0.292. The van der Waals surface area contributed by atoms with Gasteiger partial charge in [-0.1, -0.05) is 12.1 Å². The second kappa shape index (κ2) is 5.81. The third-order valence-corrected chi connectivity index (χ3v) is 2.40. The first kappa shape index (κ1) is 12.8. The molecule has 0 spiro atoms. The lowest BCUT2D eigenvalue weighted by molar-refractivity contribution is 0.628. The van der Waals surface area contributed by atoms with E-state index in [0.717, 1.165) is 5.56 Å². The smallest absolute Gasteiger partial charge is 0.173 e. The standard InChI is InChI=1S/C13H12FN5/c1-9(10-2-4-11(14)5-3-10)18-19-13(15)12-8-16-6-7-17-12/h2-8H,1H3,(H2,15,19). The van der Waals surface area contributed by atoms with Crippen molar-refractivity contribution in [3.8, 4) is 0 Å². The quantitative estimate of drug-likeness (QED) is 0.517. The summed E-state index contributed by atoms with van der Waals surface area (Å²) in [6.07, 6.45) is 4.57. The Morgan fingerprint density at radius 1 is 1.16 bits per heavy atom. The van der Waals surface area contributed by atoms with Crippen molar-refractivity contribution in [1.29, 1.82) is 0 Å². The number of amidine groups is 1. The fraction of sp³-hybridized carbons (Fsp3) is 0.0769. The van der Waals surface area contributed by atoms with Crippen molar-refractivity contribution in [2.75, 3.05) is 0 Å². The number of halogens is 1. The SMILES string of the molecule is CC(=NN=C(N)c1cnccn1)c1ccc(F)cc1. The van der Waals surface area contributed by atoms with Crippen molar-refractivity contribution < 1.29 is 4.39 Å². The molecule has 0 bridgehead atoms. The van der Waals surface area contributed by atoms with Crippen LogP contribution in [-0.4, -0.2) is 21.5 Å². The summed E-state index contributed by atoms with van der Waals surface area (Å²) in [5.41, 5.74) is 7.59. The van der Waals surface area contributed by atoms with Crippen LogP contribution in [0.4, 0.5) is 4.39 Å². The molecule has 1 aromatic heterocycles. The number of benzene rings is 1. The van der Waals surface area contributed by atoms with Crippen molar-refractivity contribution in [2.24, 2.45) is 15.9 Å². The molecule has 0 radical (unpaired) electrons. The Labute approximate surface area is 109 Å². The molecular formula is C13H12FN5. The van der Waals surface area contributed by atoms with Crippen LogP contribution in [-0.2, 0) is 0 Å². The largest absolute Gasteiger partial charge is 0.380 e. The molecule has 0 amide bonds. The van der Waals surface area contributed by atoms with Gasteiger partial charge in [-0.05, 0) is 24.6 Å². The van der Waals surface area contributed by atoms with Crippen molar-refractivity contribution in [1.82, 2.24) is 9.97 Å². The minimum Gasteiger partial charge on any atom is -0.380 e. The van der Waals surface area contributed by atoms with Crippen LogP contribution in [0.15, 0.2) is 53.1 Å². The highest BCUT2D eigenvalue weighted by Crippen LogP contribution is 2.04. The van der Waals surface area contributed by atoms with Gasteiger partial charge in [-0.25, -0.2) is 9.37 Å². The fourth-order valence-electron chi connectivity index (χ4n) is 1.36. The van der Waals surface area contributed by atoms with Crippen LogP contribution < -0.4 is 5.73 Å². The Balaban J connectivity index is 2.20. The molecule has 1 heterocycles. The van der Waals surface area contributed by atoms with Crippen LogP contribution in [0.2, 0.25) is 0 Å². The van der Waals surface area contributed by atoms with Gasteiger partial charge < -0.3 is 5.73 Å². The molecule has 19 heavy (non-hydrogen) atoms. The Morgan fingerprint density at radius 3 is 2.53 bits per heavy atom. The third kappa shape index (κ3) is 3.41. The molecular weight excluding hydrogens is 245 g/mol. The topological polar surface area (TPSA) is 76.5 Å². The first-order chi connectivity index (χ1) is 9.16. The Morgan fingerprint density at radius 2 is 1.89 bits per heavy atom. The van der Waals surface area contributed by atoms with E-state index in [1.165, 1.54) is 24.5 Å². The number of nitrogens with two attached hydrogens (primary N) is 1. The second-order valence-electron chi connectivity index (χ2n) is 3.77. The van der Waals surface area contributed by atoms with Gasteiger partial charge in [-0.15, -0.1) is 5.10 Å². The highest BCUT2D eigenvalue weighted by molar-refractivity contribution is 6.00. The van der Waals surface area contributed by atoms with E-state index >= 15 is 0 Å². The average Bonchev–Trinajstić information content (AvgIpc) is 2.46. The van der Waals surface area contributed by atoms with E-state index in [0.29, 0.717) is 11.4 Å². The van der Waals surface area contributed by atoms with Crippen LogP contribution in [0.25, 0.3) is 0 Å². The molecule has 0 fully saturated rings. The molecule has 2 N–H and O–H groups in total. The van der Waals surface area contributed by atoms with Gasteiger partial charge >= 0.3 is 0 Å². The molecule has 2 rings (SSSR count). The summed E-state index contributed by atoms with van der Waals surface area (Å²) in [6, 6.07) is 5.98. The number of nitrogens with zero attached hydrogens (tertiary/aromatic N) is 4. The molecule has 0 saturated carbocycles. The summed E-state index contributed by atoms with van der Waals surface area (Å²) in [5.74, 6) is -0.117. The van der Waals surface area contributed by atoms with Gasteiger partial charge in [0.2, 0.25) is 0 Å². The molecule has 5 nitrogen and oxygen atoms in total. The van der Waals surface area contributed by atoms with E-state index in [-0.39, 0.29) is 11.7 Å². The first-order valence-corrected chi connectivity index (χ1v) is 5.57. The van der Waals surface area contributed by atoms with E-state index < -0.39 is 0 Å². The average molecular weight is 257 g/mol. The second-order valence-corrected chi connectivity index (χ2v) is 3.77. The highest BCUT2D eigenvalue weighted by Gasteiger charge is 2.00. The van der Waals surface area contributed by atoms with E-state index in [1.54, 1.807) is 25.3 Å². The van der Waals surface area contributed by atoms with E-state index in [2.05, 4.69) is 20.2 Å². The zero-order valence-electron chi connectivity index (χ0n) is 10.3. The first-order valence-electron chi connectivity index (χ1n) is 5.57. The van der Waals surface area contributed by atoms with Gasteiger partial charge in [-0.2, -0.15) is 5.10 Å². The summed E-state index contributed by atoms with van der Waals surface area (Å²) in [5, 5.41) is 7.87. The summed E-state index contributed by atoms with van der Waals surface area (Å²) in [7, 11) is 0. The van der Waals surface area contributed by atoms with Gasteiger partial charge in [0.25, 0.3) is 0 Å². The van der Waals surface area contributed by atoms with Gasteiger partial charge in [0.1, 0.15) is 11.5 Å². The van der Waals surface area contributed by atoms with Crippen molar-refractivity contribution >= 4 is 11.5 Å². The van der Waals surface area contributed by atoms with Crippen molar-refractivity contribution in [2.45, 2.75) is 6.92 Å². The Bertz CT molecular complexity index is 605. The number of rotatable bonds is 3. The van der Waals surface area contributed by atoms with Crippen LogP contribution in [0.5, 0.6) is 0 Å². The molecule has 0 aliphatic heterocycles. The van der Waals surface area contributed by atoms with Crippen LogP contribution in [0, 0.1) is 5.82 Å². The van der Waals surface area contributed by atoms with E-state index in [4.69, 9.17) is 5.73 Å². The summed E-state index contributed by atoms with van der Waals surface area (Å²) < 4.78 is 12.8. The zero-order valence-corrected chi connectivity index (χ0v) is 10.3. The Hall–Kier alpha value is -2.63. The predicted molar refractivity (Wildman–Crippen MR) is 71.4 cm³/mol. The van der Waals surface area contributed by atoms with Crippen LogP contribution >= 0.6 is 0 Å². The lowest BCUT2D eigenvalue weighted by Crippen LogP contribution is -2.15. The number of hydrogen-bond acceptors (Lipinski definition) is 4. The highest BCUT2D eigenvalue weighted by atomic mass is 19.1. The molecule has 0 unspecified atom stereocenters. The van der Waals surface area contributed by atoms with Gasteiger partial charge in [0.15, 0.2) is 5.84 Å². The summed E-state index contributed by atoms with van der Waals surface area (Å²) in [6.45, 7) is 1.76. The van der Waals surface area contributed by atoms with Crippen LogP contribution in [0.1, 0.15) is 18.2 Å². The molecule has 0 aliphatic carbocycles. The molecule has 0 aliphatic rings. The van der Waals surface area contributed by atoms with Crippen molar-refractivity contribution in [3.63, 3.8) is 0 Å². The summed E-state index contributed by atoms with van der Waals surface area (Å²) >= 11 is 0. The normalized spacial score (nSPS) is 12.5. The van der Waals surface area contributed by atoms with Gasteiger partial charge in [0, 0.05) is 12.4 Å². The minimum absolute atomic E-state index is 0.176. The zero-order chi connectivity index (χ0) is 13.7. The van der Waals surface area contributed by atoms with Gasteiger partial charge in [0.05, 0.1) is 11.9 Å². The molecule has 0 saturated heterocycles.